The predicted octanol–water partition coefficient (Wildman–Crippen LogP) is 3.88. The first-order chi connectivity index (χ1) is 7.72. The molecule has 0 aliphatic heterocycles. The molecule has 4 bridgehead atoms. The highest BCUT2D eigenvalue weighted by atomic mass is 16.5. The molecule has 0 aromatic rings. The van der Waals surface area contributed by atoms with Gasteiger partial charge in [0.25, 0.3) is 0 Å². The van der Waals surface area contributed by atoms with Crippen molar-refractivity contribution < 1.29 is 4.74 Å². The molecule has 0 spiro atoms. The van der Waals surface area contributed by atoms with Crippen LogP contribution in [-0.2, 0) is 4.74 Å². The minimum absolute atomic E-state index is 0.673. The third kappa shape index (κ3) is 1.63. The zero-order valence-electron chi connectivity index (χ0n) is 10.9. The van der Waals surface area contributed by atoms with Gasteiger partial charge in [0.2, 0.25) is 0 Å². The smallest absolute Gasteiger partial charge is 0.0462 e. The maximum Gasteiger partial charge on any atom is 0.0462 e. The predicted molar refractivity (Wildman–Crippen MR) is 66.3 cm³/mol. The second kappa shape index (κ2) is 4.01. The van der Waals surface area contributed by atoms with Crippen LogP contribution in [0.5, 0.6) is 0 Å². The van der Waals surface area contributed by atoms with Crippen molar-refractivity contribution in [2.24, 2.45) is 29.1 Å². The molecule has 0 atom stereocenters. The molecule has 0 radical (unpaired) electrons. The van der Waals surface area contributed by atoms with Crippen molar-refractivity contribution >= 4 is 0 Å². The molecule has 0 heterocycles. The Morgan fingerprint density at radius 3 is 2.06 bits per heavy atom. The summed E-state index contributed by atoms with van der Waals surface area (Å²) >= 11 is 0. The average Bonchev–Trinajstić information content (AvgIpc) is 2.25. The summed E-state index contributed by atoms with van der Waals surface area (Å²) in [4.78, 5) is 0. The van der Waals surface area contributed by atoms with Gasteiger partial charge in [-0.1, -0.05) is 6.92 Å². The van der Waals surface area contributed by atoms with Crippen molar-refractivity contribution in [3.05, 3.63) is 0 Å². The first-order valence-electron chi connectivity index (χ1n) is 7.21. The molecular weight excluding hydrogens is 196 g/mol. The van der Waals surface area contributed by atoms with Crippen LogP contribution >= 0.6 is 0 Å². The van der Waals surface area contributed by atoms with Gasteiger partial charge in [0.15, 0.2) is 0 Å². The van der Waals surface area contributed by atoms with Crippen LogP contribution < -0.4 is 0 Å². The summed E-state index contributed by atoms with van der Waals surface area (Å²) in [7, 11) is 1.83. The van der Waals surface area contributed by atoms with Gasteiger partial charge in [-0.25, -0.2) is 0 Å². The van der Waals surface area contributed by atoms with E-state index in [0.717, 1.165) is 30.3 Å². The van der Waals surface area contributed by atoms with E-state index in [4.69, 9.17) is 4.74 Å². The van der Waals surface area contributed by atoms with Gasteiger partial charge in [0.05, 0.1) is 0 Å². The zero-order chi connectivity index (χ0) is 11.2. The number of hydrogen-bond donors (Lipinski definition) is 0. The Morgan fingerprint density at radius 2 is 1.56 bits per heavy atom. The Balaban J connectivity index is 1.70. The fourth-order valence-electron chi connectivity index (χ4n) is 5.27. The zero-order valence-corrected chi connectivity index (χ0v) is 10.9. The summed E-state index contributed by atoms with van der Waals surface area (Å²) < 4.78 is 5.23. The number of methoxy groups -OCH3 is 1. The summed E-state index contributed by atoms with van der Waals surface area (Å²) in [6.45, 7) is 3.55. The average molecular weight is 222 g/mol. The second-order valence-electron chi connectivity index (χ2n) is 6.91. The van der Waals surface area contributed by atoms with E-state index < -0.39 is 0 Å². The van der Waals surface area contributed by atoms with Crippen molar-refractivity contribution in [1.82, 2.24) is 0 Å². The van der Waals surface area contributed by atoms with Crippen molar-refractivity contribution in [3.8, 4) is 0 Å². The van der Waals surface area contributed by atoms with Gasteiger partial charge >= 0.3 is 0 Å². The van der Waals surface area contributed by atoms with Gasteiger partial charge < -0.3 is 4.74 Å². The quantitative estimate of drug-likeness (QED) is 0.656. The Hall–Kier alpha value is -0.0400. The fourth-order valence-corrected chi connectivity index (χ4v) is 5.27. The van der Waals surface area contributed by atoms with E-state index >= 15 is 0 Å². The van der Waals surface area contributed by atoms with Gasteiger partial charge in [-0.3, -0.25) is 0 Å². The molecule has 0 aromatic heterocycles. The highest BCUT2D eigenvalue weighted by Crippen LogP contribution is 2.63. The topological polar surface area (TPSA) is 9.23 Å². The first-order valence-corrected chi connectivity index (χ1v) is 7.21. The lowest BCUT2D eigenvalue weighted by Gasteiger charge is -2.60. The van der Waals surface area contributed by atoms with Gasteiger partial charge in [-0.05, 0) is 74.0 Å². The first kappa shape index (κ1) is 11.1. The lowest BCUT2D eigenvalue weighted by Crippen LogP contribution is -2.51. The molecule has 0 aromatic carbocycles. The number of hydrogen-bond acceptors (Lipinski definition) is 1. The van der Waals surface area contributed by atoms with Gasteiger partial charge in [-0.2, -0.15) is 0 Å². The molecular formula is C15H26O. The van der Waals surface area contributed by atoms with Crippen LogP contribution in [0.15, 0.2) is 0 Å². The van der Waals surface area contributed by atoms with Crippen LogP contribution in [0.25, 0.3) is 0 Å². The summed E-state index contributed by atoms with van der Waals surface area (Å²) in [5.74, 6) is 4.33. The van der Waals surface area contributed by atoms with Crippen molar-refractivity contribution in [3.63, 3.8) is 0 Å². The van der Waals surface area contributed by atoms with Gasteiger partial charge in [0.1, 0.15) is 0 Å². The normalized spacial score (nSPS) is 49.9. The lowest BCUT2D eigenvalue weighted by molar-refractivity contribution is -0.105. The summed E-state index contributed by atoms with van der Waals surface area (Å²) in [5, 5.41) is 0. The molecule has 1 nitrogen and oxygen atoms in total. The van der Waals surface area contributed by atoms with Crippen LogP contribution in [0.2, 0.25) is 0 Å². The van der Waals surface area contributed by atoms with Crippen LogP contribution in [0, 0.1) is 29.1 Å². The van der Waals surface area contributed by atoms with E-state index in [2.05, 4.69) is 6.92 Å². The number of rotatable bonds is 4. The maximum absolute atomic E-state index is 5.23. The summed E-state index contributed by atoms with van der Waals surface area (Å²) in [6, 6.07) is 0. The highest BCUT2D eigenvalue weighted by Gasteiger charge is 2.53. The third-order valence-electron chi connectivity index (χ3n) is 6.07. The molecule has 16 heavy (non-hydrogen) atoms. The lowest BCUT2D eigenvalue weighted by atomic mass is 9.45. The van der Waals surface area contributed by atoms with E-state index in [1.165, 1.54) is 12.8 Å². The molecule has 0 amide bonds. The van der Waals surface area contributed by atoms with E-state index in [9.17, 15) is 0 Å². The van der Waals surface area contributed by atoms with Crippen molar-refractivity contribution in [1.29, 1.82) is 0 Å². The Kier molecular flexibility index (Phi) is 2.78. The Bertz CT molecular complexity index is 230. The summed E-state index contributed by atoms with van der Waals surface area (Å²) in [5.41, 5.74) is 0.673. The molecule has 4 rings (SSSR count). The van der Waals surface area contributed by atoms with E-state index in [0.29, 0.717) is 5.41 Å². The fraction of sp³-hybridized carbons (Fsp3) is 1.00. The minimum atomic E-state index is 0.673. The molecule has 0 saturated heterocycles. The molecule has 0 unspecified atom stereocenters. The molecule has 4 saturated carbocycles. The van der Waals surface area contributed by atoms with E-state index in [1.54, 1.807) is 32.1 Å². The Labute approximate surface area is 99.9 Å². The third-order valence-corrected chi connectivity index (χ3v) is 6.07. The maximum atomic E-state index is 5.23. The van der Waals surface area contributed by atoms with Crippen LogP contribution in [0.1, 0.15) is 51.9 Å². The van der Waals surface area contributed by atoms with Crippen LogP contribution in [0.3, 0.4) is 0 Å². The SMILES string of the molecule is COCCCC1(C)C2CC3CC(C2)CC1C3. The number of ether oxygens (including phenoxy) is 1. The molecule has 1 heteroatoms. The molecule has 92 valence electrons. The standard InChI is InChI=1S/C15H26O/c1-15(4-3-5-16-2)13-7-11-6-12(9-13)10-14(15)8-11/h11-14H,3-10H2,1-2H3. The largest absolute Gasteiger partial charge is 0.385 e. The van der Waals surface area contributed by atoms with E-state index in [1.807, 2.05) is 7.11 Å². The van der Waals surface area contributed by atoms with Gasteiger partial charge in [0, 0.05) is 13.7 Å². The van der Waals surface area contributed by atoms with Crippen molar-refractivity contribution in [2.45, 2.75) is 51.9 Å². The second-order valence-corrected chi connectivity index (χ2v) is 6.91. The molecule has 4 fully saturated rings. The molecule has 4 aliphatic carbocycles. The van der Waals surface area contributed by atoms with E-state index in [-0.39, 0.29) is 0 Å². The summed E-state index contributed by atoms with van der Waals surface area (Å²) in [6.07, 6.45) is 10.5. The minimum Gasteiger partial charge on any atom is -0.385 e. The van der Waals surface area contributed by atoms with Crippen molar-refractivity contribution in [2.75, 3.05) is 13.7 Å². The molecule has 4 aliphatic rings. The highest BCUT2D eigenvalue weighted by molar-refractivity contribution is 5.03. The van der Waals surface area contributed by atoms with Crippen LogP contribution in [-0.4, -0.2) is 13.7 Å². The monoisotopic (exact) mass is 222 g/mol. The molecule has 0 N–H and O–H groups in total. The van der Waals surface area contributed by atoms with Gasteiger partial charge in [-0.15, -0.1) is 0 Å². The Morgan fingerprint density at radius 1 is 1.00 bits per heavy atom. The van der Waals surface area contributed by atoms with Crippen LogP contribution in [0.4, 0.5) is 0 Å².